The summed E-state index contributed by atoms with van der Waals surface area (Å²) >= 11 is 0. The van der Waals surface area contributed by atoms with Crippen molar-refractivity contribution in [2.24, 2.45) is 5.92 Å². The first-order valence-corrected chi connectivity index (χ1v) is 20.6. The first kappa shape index (κ1) is 40.3. The number of ether oxygens (including phenoxy) is 3. The predicted octanol–water partition coefficient (Wildman–Crippen LogP) is 2.54. The monoisotopic (exact) mass is 785 g/mol. The van der Waals surface area contributed by atoms with Crippen LogP contribution in [0.3, 0.4) is 0 Å². The van der Waals surface area contributed by atoms with E-state index in [2.05, 4.69) is 15.4 Å². The van der Waals surface area contributed by atoms with Crippen LogP contribution in [-0.4, -0.2) is 129 Å². The molecule has 55 heavy (non-hydrogen) atoms. The summed E-state index contributed by atoms with van der Waals surface area (Å²) in [5.41, 5.74) is -2.26. The van der Waals surface area contributed by atoms with Crippen molar-refractivity contribution >= 4 is 50.4 Å². The molecule has 2 aromatic rings. The summed E-state index contributed by atoms with van der Waals surface area (Å²) in [5, 5.41) is 6.58. The Morgan fingerprint density at radius 1 is 1.05 bits per heavy atom. The summed E-state index contributed by atoms with van der Waals surface area (Å²) in [6.45, 7) is 5.94. The van der Waals surface area contributed by atoms with Gasteiger partial charge in [-0.25, -0.2) is 13.2 Å². The van der Waals surface area contributed by atoms with Crippen molar-refractivity contribution in [2.75, 3.05) is 52.8 Å². The highest BCUT2D eigenvalue weighted by atomic mass is 32.2. The number of hydrogen-bond acceptors (Lipinski definition) is 12. The molecule has 4 fully saturated rings. The largest absolute Gasteiger partial charge is 0.497 e. The number of fused-ring (bicyclic) bond motifs is 3. The van der Waals surface area contributed by atoms with Gasteiger partial charge in [0.1, 0.15) is 40.9 Å². The van der Waals surface area contributed by atoms with Crippen LogP contribution in [0.5, 0.6) is 11.6 Å². The third kappa shape index (κ3) is 9.36. The number of carbonyl (C=O) groups excluding carboxylic acids is 4. The molecule has 2 saturated heterocycles. The van der Waals surface area contributed by atoms with Crippen molar-refractivity contribution in [2.45, 2.75) is 107 Å². The standard InChI is InChI=1S/C38H55N7O9S/c1-37(2,3)54-36(49)39-29-22-44(6)16-10-8-9-11-24-20-38(24,35(48)42-55(50,51)27-13-14-27)41-32(46)30-19-26(21-45(30)34(29)47)53-33-28-15-12-25(52-7)17-23(28)18-31(40-33)43(4)5/h12,15,17-18,24,26-27,29-30H,8-11,13-14,16,19-22H2,1-7H3,(H,39,49)(H,41,46)(H,42,48)/t24-,26-,29+,30+,38-/m1/s1. The Balaban J connectivity index is 1.34. The summed E-state index contributed by atoms with van der Waals surface area (Å²) in [6, 6.07) is 5.21. The third-order valence-corrected chi connectivity index (χ3v) is 12.5. The van der Waals surface area contributed by atoms with Crippen molar-refractivity contribution in [1.29, 1.82) is 0 Å². The number of benzene rings is 1. The molecule has 3 N–H and O–H groups in total. The van der Waals surface area contributed by atoms with Gasteiger partial charge in [0, 0.05) is 32.4 Å². The van der Waals surface area contributed by atoms with Crippen LogP contribution in [0.25, 0.3) is 10.8 Å². The predicted molar refractivity (Wildman–Crippen MR) is 205 cm³/mol. The fourth-order valence-electron chi connectivity index (χ4n) is 7.51. The summed E-state index contributed by atoms with van der Waals surface area (Å²) in [5.74, 6) is -0.573. The topological polar surface area (TPSA) is 189 Å². The normalized spacial score (nSPS) is 26.8. The van der Waals surface area contributed by atoms with Crippen LogP contribution in [0.1, 0.15) is 72.1 Å². The summed E-state index contributed by atoms with van der Waals surface area (Å²) in [6.07, 6.45) is 2.79. The van der Waals surface area contributed by atoms with Gasteiger partial charge in [0.15, 0.2) is 0 Å². The van der Waals surface area contributed by atoms with Gasteiger partial charge in [-0.15, -0.1) is 0 Å². The quantitative estimate of drug-likeness (QED) is 0.356. The number of pyridine rings is 1. The molecule has 4 amide bonds. The first-order valence-electron chi connectivity index (χ1n) is 19.1. The number of methoxy groups -OCH3 is 1. The van der Waals surface area contributed by atoms with E-state index >= 15 is 0 Å². The first-order chi connectivity index (χ1) is 25.9. The van der Waals surface area contributed by atoms with Gasteiger partial charge in [0.2, 0.25) is 27.7 Å². The maximum atomic E-state index is 14.7. The van der Waals surface area contributed by atoms with Gasteiger partial charge in [0.25, 0.3) is 5.91 Å². The Hall–Kier alpha value is -4.38. The van der Waals surface area contributed by atoms with E-state index in [1.54, 1.807) is 33.9 Å². The number of nitrogens with zero attached hydrogens (tertiary/aromatic N) is 4. The molecule has 0 bridgehead atoms. The Morgan fingerprint density at radius 2 is 1.80 bits per heavy atom. The van der Waals surface area contributed by atoms with Crippen LogP contribution in [0.2, 0.25) is 0 Å². The van der Waals surface area contributed by atoms with E-state index in [4.69, 9.17) is 19.2 Å². The van der Waals surface area contributed by atoms with Crippen molar-refractivity contribution in [3.63, 3.8) is 0 Å². The molecule has 0 unspecified atom stereocenters. The van der Waals surface area contributed by atoms with Crippen molar-refractivity contribution in [3.8, 4) is 11.6 Å². The van der Waals surface area contributed by atoms with E-state index in [-0.39, 0.29) is 31.8 Å². The van der Waals surface area contributed by atoms with E-state index in [9.17, 15) is 27.6 Å². The molecule has 5 atom stereocenters. The SMILES string of the molecule is COc1ccc2c(O[C@@H]3C[C@H]4C(=O)N[C@]5(C(=O)NS(=O)(=O)C6CC6)C[C@H]5CCCCCN(C)C[C@H](NC(=O)OC(C)(C)C)C(=O)N4C3)nc(N(C)C)cc2c1. The fourth-order valence-corrected chi connectivity index (χ4v) is 8.87. The number of nitrogens with one attached hydrogen (secondary N) is 3. The van der Waals surface area contributed by atoms with Gasteiger partial charge in [-0.1, -0.05) is 12.8 Å². The van der Waals surface area contributed by atoms with Crippen LogP contribution in [0.4, 0.5) is 10.6 Å². The molecule has 2 saturated carbocycles. The van der Waals surface area contributed by atoms with Crippen molar-refractivity contribution in [1.82, 2.24) is 30.1 Å². The molecule has 0 spiro atoms. The zero-order chi connectivity index (χ0) is 39.9. The minimum atomic E-state index is -3.88. The lowest BCUT2D eigenvalue weighted by atomic mass is 10.1. The summed E-state index contributed by atoms with van der Waals surface area (Å²) in [7, 11) is 3.29. The van der Waals surface area contributed by atoms with Crippen LogP contribution in [0, 0.1) is 5.92 Å². The number of amides is 4. The second kappa shape index (κ2) is 15.6. The van der Waals surface area contributed by atoms with Gasteiger partial charge in [0.05, 0.1) is 18.9 Å². The van der Waals surface area contributed by atoms with Gasteiger partial charge in [-0.05, 0) is 102 Å². The highest BCUT2D eigenvalue weighted by Gasteiger charge is 2.62. The maximum absolute atomic E-state index is 14.7. The highest BCUT2D eigenvalue weighted by molar-refractivity contribution is 7.91. The minimum absolute atomic E-state index is 0.0304. The molecule has 302 valence electrons. The Morgan fingerprint density at radius 3 is 2.47 bits per heavy atom. The number of sulfonamides is 1. The number of hydrogen-bond donors (Lipinski definition) is 3. The fraction of sp³-hybridized carbons (Fsp3) is 0.658. The second-order valence-electron chi connectivity index (χ2n) is 16.6. The van der Waals surface area contributed by atoms with Crippen molar-refractivity contribution in [3.05, 3.63) is 24.3 Å². The maximum Gasteiger partial charge on any atom is 0.408 e. The van der Waals surface area contributed by atoms with E-state index in [1.165, 1.54) is 4.90 Å². The number of rotatable bonds is 8. The number of carbonyl (C=O) groups is 4. The molecule has 6 rings (SSSR count). The molecule has 17 heteroatoms. The number of likely N-dealkylation sites (N-methyl/N-ethyl adjacent to an activating group) is 1. The summed E-state index contributed by atoms with van der Waals surface area (Å²) < 4.78 is 45.6. The van der Waals surface area contributed by atoms with Gasteiger partial charge in [-0.3, -0.25) is 19.1 Å². The average Bonchev–Trinajstić information content (AvgIpc) is 4.03. The Kier molecular flexibility index (Phi) is 11.5. The third-order valence-electron chi connectivity index (χ3n) is 10.7. The lowest BCUT2D eigenvalue weighted by Crippen LogP contribution is -2.59. The molecule has 16 nitrogen and oxygen atoms in total. The molecular weight excluding hydrogens is 731 g/mol. The zero-order valence-electron chi connectivity index (χ0n) is 32.8. The van der Waals surface area contributed by atoms with Gasteiger partial charge in [-0.2, -0.15) is 4.98 Å². The zero-order valence-corrected chi connectivity index (χ0v) is 33.7. The second-order valence-corrected chi connectivity index (χ2v) is 18.6. The molecule has 2 aliphatic carbocycles. The molecule has 1 aromatic carbocycles. The molecule has 4 aliphatic rings. The van der Waals surface area contributed by atoms with Crippen LogP contribution in [0.15, 0.2) is 24.3 Å². The molecule has 3 heterocycles. The number of alkyl carbamates (subject to hydrolysis) is 1. The van der Waals surface area contributed by atoms with Gasteiger partial charge < -0.3 is 39.5 Å². The average molecular weight is 786 g/mol. The van der Waals surface area contributed by atoms with Crippen LogP contribution >= 0.6 is 0 Å². The minimum Gasteiger partial charge on any atom is -0.497 e. The molecule has 2 aliphatic heterocycles. The lowest BCUT2D eigenvalue weighted by molar-refractivity contribution is -0.141. The number of anilines is 1. The van der Waals surface area contributed by atoms with Crippen molar-refractivity contribution < 1.29 is 41.8 Å². The van der Waals surface area contributed by atoms with E-state index in [0.29, 0.717) is 48.6 Å². The van der Waals surface area contributed by atoms with Crippen LogP contribution < -0.4 is 29.7 Å². The molecular formula is C38H55N7O9S. The van der Waals surface area contributed by atoms with Gasteiger partial charge >= 0.3 is 6.09 Å². The van der Waals surface area contributed by atoms with E-state index < -0.39 is 68.4 Å². The lowest BCUT2D eigenvalue weighted by Gasteiger charge is -2.32. The smallest absolute Gasteiger partial charge is 0.408 e. The highest BCUT2D eigenvalue weighted by Crippen LogP contribution is 2.48. The molecule has 0 radical (unpaired) electrons. The van der Waals surface area contributed by atoms with Crippen LogP contribution in [-0.2, 0) is 29.1 Å². The van der Waals surface area contributed by atoms with E-state index in [0.717, 1.165) is 24.6 Å². The Labute approximate surface area is 323 Å². The summed E-state index contributed by atoms with van der Waals surface area (Å²) in [4.78, 5) is 66.0. The number of aromatic nitrogens is 1. The Bertz CT molecular complexity index is 1920. The van der Waals surface area contributed by atoms with E-state index in [1.807, 2.05) is 49.1 Å². The molecule has 1 aromatic heterocycles.